The summed E-state index contributed by atoms with van der Waals surface area (Å²) in [6, 6.07) is 14.3. The van der Waals surface area contributed by atoms with Gasteiger partial charge in [0, 0.05) is 39.3 Å². The largest absolute Gasteiger partial charge is 0.494 e. The predicted octanol–water partition coefficient (Wildman–Crippen LogP) is 4.16. The fourth-order valence-electron chi connectivity index (χ4n) is 3.36. The van der Waals surface area contributed by atoms with E-state index in [4.69, 9.17) is 0 Å². The number of benzene rings is 2. The Bertz CT molecular complexity index is 1420. The normalized spacial score (nSPS) is 13.7. The number of aromatic amines is 1. The van der Waals surface area contributed by atoms with Crippen molar-refractivity contribution in [3.63, 3.8) is 0 Å². The van der Waals surface area contributed by atoms with E-state index in [1.165, 1.54) is 6.07 Å². The molecule has 3 heterocycles. The third-order valence-corrected chi connectivity index (χ3v) is 4.82. The van der Waals surface area contributed by atoms with E-state index >= 15 is 0 Å². The van der Waals surface area contributed by atoms with Gasteiger partial charge in [-0.05, 0) is 48.0 Å². The first-order valence-corrected chi connectivity index (χ1v) is 9.04. The number of hydrogen-bond donors (Lipinski definition) is 2. The molecule has 0 saturated carbocycles. The van der Waals surface area contributed by atoms with Crippen LogP contribution in [0.25, 0.3) is 28.8 Å². The molecule has 0 amide bonds. The van der Waals surface area contributed by atoms with Crippen molar-refractivity contribution in [2.24, 2.45) is 10.2 Å². The molecule has 0 spiro atoms. The number of aromatic nitrogens is 2. The summed E-state index contributed by atoms with van der Waals surface area (Å²) in [4.78, 5) is 6.88. The number of aromatic hydroxyl groups is 1. The number of H-pyrrole nitrogens is 1. The number of fused-ring (bicyclic) bond motifs is 2. The molecule has 0 unspecified atom stereocenters. The minimum absolute atomic E-state index is 0.000241. The van der Waals surface area contributed by atoms with Crippen LogP contribution in [0, 0.1) is 5.82 Å². The van der Waals surface area contributed by atoms with Gasteiger partial charge in [-0.2, -0.15) is 0 Å². The zero-order valence-corrected chi connectivity index (χ0v) is 15.2. The predicted molar refractivity (Wildman–Crippen MR) is 110 cm³/mol. The number of azo groups is 1. The van der Waals surface area contributed by atoms with Crippen molar-refractivity contribution in [1.29, 1.82) is 0 Å². The average molecular weight is 382 g/mol. The molecule has 0 saturated heterocycles. The zero-order chi connectivity index (χ0) is 19.8. The standard InChI is InChI=1S/C23H15FN4O/c24-19-13-18-21(6-5-14-7-9-25-10-8-14)27-28-22(18)12-15(19)11-17-16-3-1-2-4-20(16)26-23(17)29/h1-13,26,29H/b6-5+,15-11+. The van der Waals surface area contributed by atoms with Crippen LogP contribution in [0.5, 0.6) is 5.88 Å². The van der Waals surface area contributed by atoms with Gasteiger partial charge in [-0.15, -0.1) is 10.2 Å². The van der Waals surface area contributed by atoms with Crippen LogP contribution in [-0.4, -0.2) is 15.1 Å². The zero-order valence-electron chi connectivity index (χ0n) is 15.2. The van der Waals surface area contributed by atoms with E-state index < -0.39 is 5.82 Å². The summed E-state index contributed by atoms with van der Waals surface area (Å²) in [5.41, 5.74) is 3.48. The second-order valence-corrected chi connectivity index (χ2v) is 6.67. The van der Waals surface area contributed by atoms with Gasteiger partial charge in [-0.3, -0.25) is 4.98 Å². The molecule has 140 valence electrons. The molecule has 0 radical (unpaired) electrons. The van der Waals surface area contributed by atoms with Gasteiger partial charge in [-0.25, -0.2) is 4.39 Å². The highest BCUT2D eigenvalue weighted by Crippen LogP contribution is 2.27. The van der Waals surface area contributed by atoms with Crippen molar-refractivity contribution in [3.05, 3.63) is 94.4 Å². The van der Waals surface area contributed by atoms with Crippen LogP contribution in [0.4, 0.5) is 10.1 Å². The average Bonchev–Trinajstić information content (AvgIpc) is 3.27. The smallest absolute Gasteiger partial charge is 0.196 e. The summed E-state index contributed by atoms with van der Waals surface area (Å²) in [5.74, 6) is -0.407. The Morgan fingerprint density at radius 3 is 2.66 bits per heavy atom. The monoisotopic (exact) mass is 382 g/mol. The molecular weight excluding hydrogens is 367 g/mol. The van der Waals surface area contributed by atoms with E-state index in [-0.39, 0.29) is 5.88 Å². The Hall–Kier alpha value is -4.06. The summed E-state index contributed by atoms with van der Waals surface area (Å²) in [5, 5.41) is 20.4. The minimum atomic E-state index is -0.407. The lowest BCUT2D eigenvalue weighted by Crippen LogP contribution is -2.14. The number of hydrogen-bond acceptors (Lipinski definition) is 4. The van der Waals surface area contributed by atoms with Crippen molar-refractivity contribution in [1.82, 2.24) is 9.97 Å². The van der Waals surface area contributed by atoms with E-state index in [1.54, 1.807) is 30.6 Å². The van der Waals surface area contributed by atoms with E-state index in [0.29, 0.717) is 27.4 Å². The van der Waals surface area contributed by atoms with Crippen molar-refractivity contribution in [2.45, 2.75) is 0 Å². The Balaban J connectivity index is 1.61. The second kappa shape index (κ2) is 6.83. The van der Waals surface area contributed by atoms with Crippen molar-refractivity contribution in [2.75, 3.05) is 0 Å². The molecule has 0 bridgehead atoms. The molecule has 1 aliphatic heterocycles. The summed E-state index contributed by atoms with van der Waals surface area (Å²) in [7, 11) is 0. The molecule has 5 nitrogen and oxygen atoms in total. The van der Waals surface area contributed by atoms with Gasteiger partial charge in [0.25, 0.3) is 0 Å². The maximum absolute atomic E-state index is 14.9. The van der Waals surface area contributed by atoms with E-state index in [2.05, 4.69) is 20.2 Å². The number of nitrogens with one attached hydrogen (secondary N) is 1. The van der Waals surface area contributed by atoms with Gasteiger partial charge in [0.2, 0.25) is 0 Å². The molecule has 1 aliphatic rings. The van der Waals surface area contributed by atoms with E-state index in [0.717, 1.165) is 16.5 Å². The second-order valence-electron chi connectivity index (χ2n) is 6.67. The number of para-hydroxylation sites is 1. The summed E-state index contributed by atoms with van der Waals surface area (Å²) >= 11 is 0. The molecule has 0 fully saturated rings. The Morgan fingerprint density at radius 1 is 0.966 bits per heavy atom. The Labute approximate surface area is 164 Å². The third kappa shape index (κ3) is 3.10. The molecule has 29 heavy (non-hydrogen) atoms. The van der Waals surface area contributed by atoms with Crippen molar-refractivity contribution in [3.8, 4) is 5.88 Å². The molecule has 2 N–H and O–H groups in total. The first kappa shape index (κ1) is 17.1. The molecule has 4 aromatic rings. The molecule has 6 heteroatoms. The number of halogens is 1. The lowest BCUT2D eigenvalue weighted by molar-refractivity contribution is 0.457. The summed E-state index contributed by atoms with van der Waals surface area (Å²) in [6.45, 7) is 0. The topological polar surface area (TPSA) is 73.6 Å². The maximum Gasteiger partial charge on any atom is 0.196 e. The first-order chi connectivity index (χ1) is 14.2. The lowest BCUT2D eigenvalue weighted by atomic mass is 10.1. The van der Waals surface area contributed by atoms with E-state index in [1.807, 2.05) is 42.5 Å². The molecule has 2 aromatic carbocycles. The fourth-order valence-corrected chi connectivity index (χ4v) is 3.36. The fraction of sp³-hybridized carbons (Fsp3) is 0. The van der Waals surface area contributed by atoms with Crippen molar-refractivity contribution >= 4 is 34.4 Å². The van der Waals surface area contributed by atoms with Gasteiger partial charge in [0.05, 0.1) is 11.4 Å². The Morgan fingerprint density at radius 2 is 1.79 bits per heavy atom. The van der Waals surface area contributed by atoms with Crippen LogP contribution in [0.15, 0.2) is 77.2 Å². The van der Waals surface area contributed by atoms with Crippen LogP contribution in [0.3, 0.4) is 0 Å². The van der Waals surface area contributed by atoms with Crippen LogP contribution in [-0.2, 0) is 0 Å². The highest BCUT2D eigenvalue weighted by Gasteiger charge is 2.12. The number of pyridine rings is 1. The van der Waals surface area contributed by atoms with Crippen LogP contribution < -0.4 is 10.4 Å². The van der Waals surface area contributed by atoms with Gasteiger partial charge in [-0.1, -0.05) is 24.3 Å². The first-order valence-electron chi connectivity index (χ1n) is 9.04. The lowest BCUT2D eigenvalue weighted by Gasteiger charge is -1.97. The van der Waals surface area contributed by atoms with Gasteiger partial charge in [0.1, 0.15) is 5.82 Å². The number of nitrogens with zero attached hydrogens (tertiary/aromatic N) is 3. The van der Waals surface area contributed by atoms with Gasteiger partial charge in [0.15, 0.2) is 5.88 Å². The minimum Gasteiger partial charge on any atom is -0.494 e. The highest BCUT2D eigenvalue weighted by atomic mass is 19.1. The molecule has 5 rings (SSSR count). The molecule has 0 atom stereocenters. The molecule has 0 aliphatic carbocycles. The molecule has 2 aromatic heterocycles. The van der Waals surface area contributed by atoms with Gasteiger partial charge < -0.3 is 10.1 Å². The SMILES string of the molecule is Oc1[nH]c2ccccc2c1/C=c1\cc2c(cc1F)=C(/C=C/c1ccncc1)N=N2. The molecular formula is C23H15FN4O. The van der Waals surface area contributed by atoms with Crippen LogP contribution in [0.1, 0.15) is 11.1 Å². The summed E-state index contributed by atoms with van der Waals surface area (Å²) < 4.78 is 14.9. The Kier molecular flexibility index (Phi) is 4.02. The quantitative estimate of drug-likeness (QED) is 0.558. The highest BCUT2D eigenvalue weighted by molar-refractivity contribution is 5.91. The number of rotatable bonds is 3. The van der Waals surface area contributed by atoms with Gasteiger partial charge >= 0.3 is 0 Å². The van der Waals surface area contributed by atoms with Crippen LogP contribution >= 0.6 is 0 Å². The third-order valence-electron chi connectivity index (χ3n) is 4.82. The van der Waals surface area contributed by atoms with E-state index in [9.17, 15) is 9.50 Å². The van der Waals surface area contributed by atoms with Crippen LogP contribution in [0.2, 0.25) is 0 Å². The summed E-state index contributed by atoms with van der Waals surface area (Å²) in [6.07, 6.45) is 8.71. The maximum atomic E-state index is 14.9. The van der Waals surface area contributed by atoms with Crippen molar-refractivity contribution < 1.29 is 9.50 Å².